The number of urea groups is 1. The maximum atomic E-state index is 12.0. The van der Waals surface area contributed by atoms with E-state index < -0.39 is 0 Å². The first kappa shape index (κ1) is 18.4. The summed E-state index contributed by atoms with van der Waals surface area (Å²) in [4.78, 5) is 14.5. The van der Waals surface area contributed by atoms with Crippen molar-refractivity contribution in [3.63, 3.8) is 0 Å². The molecule has 0 unspecified atom stereocenters. The minimum absolute atomic E-state index is 0.140. The lowest BCUT2D eigenvalue weighted by Gasteiger charge is -2.33. The third kappa shape index (κ3) is 6.21. The van der Waals surface area contributed by atoms with Gasteiger partial charge in [0.05, 0.1) is 0 Å². The highest BCUT2D eigenvalue weighted by Gasteiger charge is 2.20. The zero-order valence-corrected chi connectivity index (χ0v) is 15.3. The van der Waals surface area contributed by atoms with Crippen molar-refractivity contribution in [1.29, 1.82) is 0 Å². The summed E-state index contributed by atoms with van der Waals surface area (Å²) in [6, 6.07) is 5.39. The van der Waals surface area contributed by atoms with E-state index in [1.54, 1.807) is 12.1 Å². The molecule has 0 radical (unpaired) electrons. The van der Waals surface area contributed by atoms with E-state index in [0.717, 1.165) is 38.0 Å². The second-order valence-electron chi connectivity index (χ2n) is 6.53. The van der Waals surface area contributed by atoms with Crippen LogP contribution in [0.5, 0.6) is 0 Å². The number of nitrogens with zero attached hydrogens (tertiary/aromatic N) is 1. The minimum atomic E-state index is -0.140. The highest BCUT2D eigenvalue weighted by atomic mass is 35.5. The molecule has 1 aromatic carbocycles. The molecule has 1 aromatic rings. The van der Waals surface area contributed by atoms with Gasteiger partial charge in [0.15, 0.2) is 0 Å². The van der Waals surface area contributed by atoms with E-state index in [1.165, 1.54) is 0 Å². The summed E-state index contributed by atoms with van der Waals surface area (Å²) >= 11 is 12.0. The molecule has 128 valence electrons. The highest BCUT2D eigenvalue weighted by molar-refractivity contribution is 6.35. The Morgan fingerprint density at radius 3 is 2.61 bits per heavy atom. The standard InChI is InChI=1S/C17H25Cl2N3O/c1-12(2)11-22-7-5-15(6-8-22)21-17(23)20-10-13-3-4-14(18)9-16(13)19/h3-4,9,12,15H,5-8,10-11H2,1-2H3,(H2,20,21,23). The fourth-order valence-electron chi connectivity index (χ4n) is 2.85. The van der Waals surface area contributed by atoms with E-state index in [1.807, 2.05) is 6.07 Å². The highest BCUT2D eigenvalue weighted by Crippen LogP contribution is 2.20. The van der Waals surface area contributed by atoms with Crippen molar-refractivity contribution >= 4 is 29.2 Å². The Balaban J connectivity index is 1.71. The van der Waals surface area contributed by atoms with Crippen LogP contribution < -0.4 is 10.6 Å². The minimum Gasteiger partial charge on any atom is -0.335 e. The number of piperidine rings is 1. The number of benzene rings is 1. The summed E-state index contributed by atoms with van der Waals surface area (Å²) < 4.78 is 0. The molecule has 6 heteroatoms. The maximum absolute atomic E-state index is 12.0. The fourth-order valence-corrected chi connectivity index (χ4v) is 3.33. The summed E-state index contributed by atoms with van der Waals surface area (Å²) in [6.45, 7) is 8.10. The number of amides is 2. The Kier molecular flexibility index (Phi) is 7.00. The molecule has 0 spiro atoms. The van der Waals surface area contributed by atoms with Gasteiger partial charge in [-0.15, -0.1) is 0 Å². The summed E-state index contributed by atoms with van der Waals surface area (Å²) in [7, 11) is 0. The predicted molar refractivity (Wildman–Crippen MR) is 96.1 cm³/mol. The van der Waals surface area contributed by atoms with Crippen LogP contribution in [-0.2, 0) is 6.54 Å². The van der Waals surface area contributed by atoms with Crippen molar-refractivity contribution < 1.29 is 4.79 Å². The largest absolute Gasteiger partial charge is 0.335 e. The average Bonchev–Trinajstić information content (AvgIpc) is 2.48. The number of hydrogen-bond donors (Lipinski definition) is 2. The van der Waals surface area contributed by atoms with Gasteiger partial charge < -0.3 is 15.5 Å². The van der Waals surface area contributed by atoms with Crippen LogP contribution in [0.2, 0.25) is 10.0 Å². The molecule has 23 heavy (non-hydrogen) atoms. The normalized spacial score (nSPS) is 16.6. The molecular weight excluding hydrogens is 333 g/mol. The Hall–Kier alpha value is -0.970. The van der Waals surface area contributed by atoms with Gasteiger partial charge in [-0.05, 0) is 36.5 Å². The van der Waals surface area contributed by atoms with Crippen LogP contribution in [0.3, 0.4) is 0 Å². The van der Waals surface area contributed by atoms with Crippen molar-refractivity contribution in [3.8, 4) is 0 Å². The monoisotopic (exact) mass is 357 g/mol. The molecule has 0 saturated carbocycles. The van der Waals surface area contributed by atoms with Crippen LogP contribution in [-0.4, -0.2) is 36.6 Å². The summed E-state index contributed by atoms with van der Waals surface area (Å²) in [6.07, 6.45) is 2.00. The Morgan fingerprint density at radius 1 is 1.30 bits per heavy atom. The molecule has 2 amide bonds. The lowest BCUT2D eigenvalue weighted by atomic mass is 10.0. The zero-order chi connectivity index (χ0) is 16.8. The molecule has 4 nitrogen and oxygen atoms in total. The lowest BCUT2D eigenvalue weighted by molar-refractivity contribution is 0.178. The van der Waals surface area contributed by atoms with Crippen molar-refractivity contribution in [2.45, 2.75) is 39.3 Å². The topological polar surface area (TPSA) is 44.4 Å². The van der Waals surface area contributed by atoms with Crippen molar-refractivity contribution in [2.24, 2.45) is 5.92 Å². The molecule has 1 heterocycles. The molecule has 0 aromatic heterocycles. The third-order valence-corrected chi connectivity index (χ3v) is 4.59. The van der Waals surface area contributed by atoms with Gasteiger partial charge >= 0.3 is 6.03 Å². The van der Waals surface area contributed by atoms with Gasteiger partial charge in [0, 0.05) is 42.3 Å². The third-order valence-electron chi connectivity index (χ3n) is 4.00. The zero-order valence-electron chi connectivity index (χ0n) is 13.7. The second kappa shape index (κ2) is 8.76. The van der Waals surface area contributed by atoms with E-state index in [-0.39, 0.29) is 12.1 Å². The number of likely N-dealkylation sites (tertiary alicyclic amines) is 1. The van der Waals surface area contributed by atoms with Gasteiger partial charge in [0.25, 0.3) is 0 Å². The molecule has 1 fully saturated rings. The number of halogens is 2. The summed E-state index contributed by atoms with van der Waals surface area (Å²) in [5.41, 5.74) is 0.859. The summed E-state index contributed by atoms with van der Waals surface area (Å²) in [5.74, 6) is 0.687. The molecule has 0 aliphatic carbocycles. The van der Waals surface area contributed by atoms with E-state index in [2.05, 4.69) is 29.4 Å². The number of carbonyl (C=O) groups excluding carboxylic acids is 1. The Bertz CT molecular complexity index is 529. The molecule has 1 aliphatic heterocycles. The van der Waals surface area contributed by atoms with Crippen LogP contribution in [0.25, 0.3) is 0 Å². The van der Waals surface area contributed by atoms with E-state index in [4.69, 9.17) is 23.2 Å². The fraction of sp³-hybridized carbons (Fsp3) is 0.588. The number of rotatable bonds is 5. The number of carbonyl (C=O) groups is 1. The predicted octanol–water partition coefficient (Wildman–Crippen LogP) is 3.91. The molecule has 2 N–H and O–H groups in total. The second-order valence-corrected chi connectivity index (χ2v) is 7.38. The van der Waals surface area contributed by atoms with Gasteiger partial charge in [-0.1, -0.05) is 43.1 Å². The number of nitrogens with one attached hydrogen (secondary N) is 2. The van der Waals surface area contributed by atoms with E-state index in [0.29, 0.717) is 22.5 Å². The first-order valence-corrected chi connectivity index (χ1v) is 8.90. The quantitative estimate of drug-likeness (QED) is 0.838. The van der Waals surface area contributed by atoms with E-state index in [9.17, 15) is 4.79 Å². The molecular formula is C17H25Cl2N3O. The smallest absolute Gasteiger partial charge is 0.315 e. The van der Waals surface area contributed by atoms with Crippen molar-refractivity contribution in [2.75, 3.05) is 19.6 Å². The molecule has 1 saturated heterocycles. The molecule has 2 rings (SSSR count). The molecule has 0 bridgehead atoms. The van der Waals surface area contributed by atoms with Crippen LogP contribution in [0.15, 0.2) is 18.2 Å². The Labute approximate surface area is 148 Å². The number of hydrogen-bond acceptors (Lipinski definition) is 2. The first-order valence-electron chi connectivity index (χ1n) is 8.14. The Morgan fingerprint density at radius 2 is 2.00 bits per heavy atom. The van der Waals surface area contributed by atoms with Crippen LogP contribution in [0, 0.1) is 5.92 Å². The van der Waals surface area contributed by atoms with Crippen molar-refractivity contribution in [1.82, 2.24) is 15.5 Å². The van der Waals surface area contributed by atoms with Gasteiger partial charge in [-0.3, -0.25) is 0 Å². The first-order chi connectivity index (χ1) is 10.9. The van der Waals surface area contributed by atoms with Crippen LogP contribution >= 0.6 is 23.2 Å². The van der Waals surface area contributed by atoms with Crippen molar-refractivity contribution in [3.05, 3.63) is 33.8 Å². The van der Waals surface area contributed by atoms with Gasteiger partial charge in [-0.25, -0.2) is 4.79 Å². The molecule has 0 atom stereocenters. The molecule has 1 aliphatic rings. The lowest BCUT2D eigenvalue weighted by Crippen LogP contribution is -2.48. The average molecular weight is 358 g/mol. The van der Waals surface area contributed by atoms with Crippen LogP contribution in [0.4, 0.5) is 4.79 Å². The van der Waals surface area contributed by atoms with Gasteiger partial charge in [-0.2, -0.15) is 0 Å². The SMILES string of the molecule is CC(C)CN1CCC(NC(=O)NCc2ccc(Cl)cc2Cl)CC1. The van der Waals surface area contributed by atoms with Gasteiger partial charge in [0.2, 0.25) is 0 Å². The van der Waals surface area contributed by atoms with Gasteiger partial charge in [0.1, 0.15) is 0 Å². The van der Waals surface area contributed by atoms with E-state index >= 15 is 0 Å². The van der Waals surface area contributed by atoms with Crippen LogP contribution in [0.1, 0.15) is 32.3 Å². The summed E-state index contributed by atoms with van der Waals surface area (Å²) in [5, 5.41) is 7.07. The maximum Gasteiger partial charge on any atom is 0.315 e.